The Labute approximate surface area is 143 Å². The Hall–Kier alpha value is -1.33. The van der Waals surface area contributed by atoms with Gasteiger partial charge in [-0.3, -0.25) is 4.79 Å². The molecule has 6 heteroatoms. The lowest BCUT2D eigenvalue weighted by Crippen LogP contribution is -2.36. The fourth-order valence-corrected chi connectivity index (χ4v) is 2.44. The smallest absolute Gasteiger partial charge is 0.289 e. The second-order valence-corrected chi connectivity index (χ2v) is 6.89. The van der Waals surface area contributed by atoms with E-state index in [0.29, 0.717) is 12.4 Å². The fraction of sp³-hybridized carbons (Fsp3) is 0.375. The van der Waals surface area contributed by atoms with Crippen molar-refractivity contribution in [1.82, 2.24) is 9.78 Å². The summed E-state index contributed by atoms with van der Waals surface area (Å²) in [6.45, 7) is 6.01. The van der Waals surface area contributed by atoms with E-state index in [4.69, 9.17) is 16.3 Å². The zero-order valence-corrected chi connectivity index (χ0v) is 15.1. The summed E-state index contributed by atoms with van der Waals surface area (Å²) in [5.74, 6) is 0.303. The predicted molar refractivity (Wildman–Crippen MR) is 91.9 cm³/mol. The Morgan fingerprint density at radius 1 is 1.23 bits per heavy atom. The highest BCUT2D eigenvalue weighted by molar-refractivity contribution is 9.08. The van der Waals surface area contributed by atoms with Crippen LogP contribution in [0.5, 0.6) is 5.75 Å². The first-order valence-corrected chi connectivity index (χ1v) is 8.38. The number of aromatic nitrogens is 2. The molecule has 0 atom stereocenters. The van der Waals surface area contributed by atoms with Crippen molar-refractivity contribution in [2.45, 2.75) is 38.2 Å². The van der Waals surface area contributed by atoms with Crippen LogP contribution in [0.25, 0.3) is 0 Å². The Balaban J connectivity index is 2.16. The van der Waals surface area contributed by atoms with E-state index in [9.17, 15) is 4.79 Å². The first-order valence-electron chi connectivity index (χ1n) is 6.88. The molecule has 2 aromatic rings. The molecular formula is C16H18BrClN2O2. The van der Waals surface area contributed by atoms with Gasteiger partial charge in [-0.25, -0.2) is 4.68 Å². The first kappa shape index (κ1) is 17.0. The standard InChI is InChI=1S/C16H18BrClN2O2/c1-16(2,3)20-15(21)14(18)13(9-19-20)22-10-12-6-4-11(8-17)5-7-12/h4-7,9H,8,10H2,1-3H3. The predicted octanol–water partition coefficient (Wildman–Crippen LogP) is 4.13. The summed E-state index contributed by atoms with van der Waals surface area (Å²) in [7, 11) is 0. The zero-order valence-electron chi connectivity index (χ0n) is 12.8. The van der Waals surface area contributed by atoms with E-state index in [-0.39, 0.29) is 10.6 Å². The van der Waals surface area contributed by atoms with Crippen LogP contribution in [0.3, 0.4) is 0 Å². The van der Waals surface area contributed by atoms with E-state index >= 15 is 0 Å². The van der Waals surface area contributed by atoms with Gasteiger partial charge in [0.05, 0.1) is 11.7 Å². The van der Waals surface area contributed by atoms with Crippen molar-refractivity contribution < 1.29 is 4.74 Å². The summed E-state index contributed by atoms with van der Waals surface area (Å²) < 4.78 is 6.98. The second kappa shape index (κ2) is 6.84. The molecule has 2 rings (SSSR count). The van der Waals surface area contributed by atoms with E-state index in [1.807, 2.05) is 45.0 Å². The van der Waals surface area contributed by atoms with Gasteiger partial charge < -0.3 is 4.74 Å². The lowest BCUT2D eigenvalue weighted by Gasteiger charge is -2.21. The molecule has 0 N–H and O–H groups in total. The number of alkyl halides is 1. The molecular weight excluding hydrogens is 368 g/mol. The second-order valence-electron chi connectivity index (χ2n) is 5.95. The molecule has 1 aromatic heterocycles. The van der Waals surface area contributed by atoms with E-state index in [1.165, 1.54) is 16.4 Å². The summed E-state index contributed by atoms with van der Waals surface area (Å²) in [5, 5.41) is 5.01. The number of halogens is 2. The minimum atomic E-state index is -0.426. The van der Waals surface area contributed by atoms with Crippen molar-refractivity contribution in [3.05, 3.63) is 57.0 Å². The van der Waals surface area contributed by atoms with E-state index in [0.717, 1.165) is 10.9 Å². The van der Waals surface area contributed by atoms with Crippen LogP contribution in [-0.2, 0) is 17.5 Å². The van der Waals surface area contributed by atoms with Crippen LogP contribution in [0.2, 0.25) is 5.02 Å². The van der Waals surface area contributed by atoms with Crippen LogP contribution in [0.15, 0.2) is 35.3 Å². The number of nitrogens with zero attached hydrogens (tertiary/aromatic N) is 2. The molecule has 0 bridgehead atoms. The highest BCUT2D eigenvalue weighted by Gasteiger charge is 2.19. The topological polar surface area (TPSA) is 44.1 Å². The van der Waals surface area contributed by atoms with Gasteiger partial charge in [0.15, 0.2) is 10.8 Å². The highest BCUT2D eigenvalue weighted by Crippen LogP contribution is 2.22. The third-order valence-electron chi connectivity index (χ3n) is 3.09. The minimum absolute atomic E-state index is 0.0574. The molecule has 0 aliphatic heterocycles. The molecule has 0 saturated heterocycles. The van der Waals surface area contributed by atoms with Gasteiger partial charge in [0.1, 0.15) is 6.61 Å². The minimum Gasteiger partial charge on any atom is -0.485 e. The Kier molecular flexibility index (Phi) is 5.29. The van der Waals surface area contributed by atoms with Gasteiger partial charge in [-0.1, -0.05) is 51.8 Å². The van der Waals surface area contributed by atoms with Crippen molar-refractivity contribution in [2.24, 2.45) is 0 Å². The SMILES string of the molecule is CC(C)(C)n1ncc(OCc2ccc(CBr)cc2)c(Cl)c1=O. The van der Waals surface area contributed by atoms with Crippen molar-refractivity contribution in [2.75, 3.05) is 0 Å². The normalized spacial score (nSPS) is 11.5. The van der Waals surface area contributed by atoms with Gasteiger partial charge >= 0.3 is 0 Å². The van der Waals surface area contributed by atoms with Gasteiger partial charge in [0.25, 0.3) is 5.56 Å². The zero-order chi connectivity index (χ0) is 16.3. The maximum Gasteiger partial charge on any atom is 0.289 e. The van der Waals surface area contributed by atoms with Gasteiger partial charge in [0.2, 0.25) is 0 Å². The van der Waals surface area contributed by atoms with Gasteiger partial charge in [-0.2, -0.15) is 5.10 Å². The molecule has 0 fully saturated rings. The van der Waals surface area contributed by atoms with Crippen molar-refractivity contribution in [3.63, 3.8) is 0 Å². The monoisotopic (exact) mass is 384 g/mol. The third-order valence-corrected chi connectivity index (χ3v) is 4.09. The van der Waals surface area contributed by atoms with Gasteiger partial charge in [-0.15, -0.1) is 0 Å². The number of benzene rings is 1. The average molecular weight is 386 g/mol. The molecule has 1 aromatic carbocycles. The van der Waals surface area contributed by atoms with Crippen LogP contribution < -0.4 is 10.3 Å². The molecule has 22 heavy (non-hydrogen) atoms. The Bertz CT molecular complexity index is 706. The van der Waals surface area contributed by atoms with E-state index in [1.54, 1.807) is 0 Å². The van der Waals surface area contributed by atoms with Crippen LogP contribution >= 0.6 is 27.5 Å². The van der Waals surface area contributed by atoms with Crippen LogP contribution in [0, 0.1) is 0 Å². The van der Waals surface area contributed by atoms with Crippen molar-refractivity contribution in [1.29, 1.82) is 0 Å². The number of rotatable bonds is 4. The van der Waals surface area contributed by atoms with Crippen LogP contribution in [-0.4, -0.2) is 9.78 Å². The van der Waals surface area contributed by atoms with Crippen molar-refractivity contribution in [3.8, 4) is 5.75 Å². The summed E-state index contributed by atoms with van der Waals surface area (Å²) in [6.07, 6.45) is 1.49. The van der Waals surface area contributed by atoms with E-state index in [2.05, 4.69) is 21.0 Å². The Morgan fingerprint density at radius 3 is 2.36 bits per heavy atom. The summed E-state index contributed by atoms with van der Waals surface area (Å²) in [4.78, 5) is 12.2. The number of hydrogen-bond donors (Lipinski definition) is 0. The summed E-state index contributed by atoms with van der Waals surface area (Å²) >= 11 is 9.52. The number of hydrogen-bond acceptors (Lipinski definition) is 3. The molecule has 0 aliphatic rings. The maximum absolute atomic E-state index is 12.2. The number of ether oxygens (including phenoxy) is 1. The lowest BCUT2D eigenvalue weighted by atomic mass is 10.1. The van der Waals surface area contributed by atoms with Gasteiger partial charge in [0, 0.05) is 5.33 Å². The molecule has 0 amide bonds. The largest absolute Gasteiger partial charge is 0.485 e. The van der Waals surface area contributed by atoms with E-state index < -0.39 is 5.54 Å². The summed E-state index contributed by atoms with van der Waals surface area (Å²) in [6, 6.07) is 8.00. The highest BCUT2D eigenvalue weighted by atomic mass is 79.9. The molecule has 4 nitrogen and oxygen atoms in total. The third kappa shape index (κ3) is 3.90. The fourth-order valence-electron chi connectivity index (χ4n) is 1.88. The molecule has 0 aliphatic carbocycles. The summed E-state index contributed by atoms with van der Waals surface area (Å²) in [5.41, 5.74) is 1.42. The quantitative estimate of drug-likeness (QED) is 0.743. The molecule has 0 saturated carbocycles. The average Bonchev–Trinajstić information content (AvgIpc) is 2.48. The molecule has 0 radical (unpaired) electrons. The van der Waals surface area contributed by atoms with Crippen LogP contribution in [0.4, 0.5) is 0 Å². The molecule has 118 valence electrons. The molecule has 1 heterocycles. The van der Waals surface area contributed by atoms with Gasteiger partial charge in [-0.05, 0) is 31.9 Å². The lowest BCUT2D eigenvalue weighted by molar-refractivity contribution is 0.292. The maximum atomic E-state index is 12.2. The molecule has 0 unspecified atom stereocenters. The molecule has 0 spiro atoms. The van der Waals surface area contributed by atoms with Crippen LogP contribution in [0.1, 0.15) is 31.9 Å². The first-order chi connectivity index (χ1) is 10.3. The van der Waals surface area contributed by atoms with Crippen molar-refractivity contribution >= 4 is 27.5 Å². The Morgan fingerprint density at radius 2 is 1.82 bits per heavy atom.